The minimum Gasteiger partial charge on any atom is -0.497 e. The average molecular weight is 282 g/mol. The van der Waals surface area contributed by atoms with E-state index in [1.165, 1.54) is 24.0 Å². The molecule has 1 saturated carbocycles. The topological polar surface area (TPSA) is 25.4 Å². The third kappa shape index (κ3) is 4.05. The van der Waals surface area contributed by atoms with Gasteiger partial charge in [0.25, 0.3) is 0 Å². The van der Waals surface area contributed by atoms with E-state index >= 15 is 0 Å². The van der Waals surface area contributed by atoms with Crippen molar-refractivity contribution >= 4 is 0 Å². The van der Waals surface area contributed by atoms with Crippen LogP contribution in [-0.4, -0.2) is 29.6 Å². The van der Waals surface area contributed by atoms with E-state index in [-0.39, 0.29) is 0 Å². The van der Waals surface area contributed by atoms with Gasteiger partial charge in [-0.2, -0.15) is 0 Å². The van der Waals surface area contributed by atoms with E-state index in [0.717, 1.165) is 31.3 Å². The molecule has 1 aromatic carbocycles. The van der Waals surface area contributed by atoms with Crippen molar-refractivity contribution in [1.29, 1.82) is 0 Å². The summed E-state index contributed by atoms with van der Waals surface area (Å²) in [6.07, 6.45) is 7.52. The van der Waals surface area contributed by atoms with Crippen LogP contribution >= 0.6 is 0 Å². The zero-order chi connectivity index (χ0) is 14.5. The number of rotatable bonds is 7. The predicted molar refractivity (Wildman–Crippen MR) is 84.4 cm³/mol. The highest BCUT2D eigenvalue weighted by Gasteiger charge is 2.28. The number of nitrogens with zero attached hydrogens (tertiary/aromatic N) is 2. The Morgan fingerprint density at radius 3 is 2.38 bits per heavy atom. The van der Waals surface area contributed by atoms with Crippen molar-refractivity contribution in [3.05, 3.63) is 59.9 Å². The van der Waals surface area contributed by atoms with E-state index in [9.17, 15) is 0 Å². The molecule has 0 bridgehead atoms. The number of methoxy groups -OCH3 is 1. The van der Waals surface area contributed by atoms with Gasteiger partial charge in [0, 0.05) is 31.5 Å². The molecule has 0 amide bonds. The lowest BCUT2D eigenvalue weighted by Gasteiger charge is -2.22. The van der Waals surface area contributed by atoms with Crippen molar-refractivity contribution in [3.8, 4) is 5.75 Å². The second-order valence-electron chi connectivity index (χ2n) is 5.66. The molecule has 0 aliphatic heterocycles. The number of ether oxygens (including phenoxy) is 1. The average Bonchev–Trinajstić information content (AvgIpc) is 3.38. The van der Waals surface area contributed by atoms with Gasteiger partial charge in [-0.1, -0.05) is 12.1 Å². The fourth-order valence-corrected chi connectivity index (χ4v) is 2.62. The second kappa shape index (κ2) is 6.72. The molecule has 3 heteroatoms. The number of pyridine rings is 1. The fraction of sp³-hybridized carbons (Fsp3) is 0.389. The summed E-state index contributed by atoms with van der Waals surface area (Å²) in [7, 11) is 1.71. The Hall–Kier alpha value is -1.87. The molecule has 1 heterocycles. The minimum atomic E-state index is 0.772. The maximum atomic E-state index is 5.22. The maximum absolute atomic E-state index is 5.22. The molecule has 0 spiro atoms. The molecule has 1 fully saturated rings. The largest absolute Gasteiger partial charge is 0.497 e. The SMILES string of the molecule is COc1ccc(CN(CCc2ccncc2)C2CC2)cc1. The van der Waals surface area contributed by atoms with Crippen LogP contribution in [0.1, 0.15) is 24.0 Å². The highest BCUT2D eigenvalue weighted by atomic mass is 16.5. The quantitative estimate of drug-likeness (QED) is 0.779. The lowest BCUT2D eigenvalue weighted by atomic mass is 10.1. The van der Waals surface area contributed by atoms with Gasteiger partial charge in [0.05, 0.1) is 7.11 Å². The molecule has 0 radical (unpaired) electrons. The number of hydrogen-bond donors (Lipinski definition) is 0. The molecule has 1 aliphatic carbocycles. The summed E-state index contributed by atoms with van der Waals surface area (Å²) in [6.45, 7) is 2.14. The minimum absolute atomic E-state index is 0.772. The van der Waals surface area contributed by atoms with E-state index in [1.807, 2.05) is 24.5 Å². The highest BCUT2D eigenvalue weighted by Crippen LogP contribution is 2.28. The first-order chi connectivity index (χ1) is 10.3. The van der Waals surface area contributed by atoms with Crippen molar-refractivity contribution < 1.29 is 4.74 Å². The maximum Gasteiger partial charge on any atom is 0.118 e. The summed E-state index contributed by atoms with van der Waals surface area (Å²) in [5.74, 6) is 0.925. The molecule has 3 nitrogen and oxygen atoms in total. The highest BCUT2D eigenvalue weighted by molar-refractivity contribution is 5.27. The van der Waals surface area contributed by atoms with Crippen LogP contribution < -0.4 is 4.74 Å². The molecule has 110 valence electrons. The summed E-state index contributed by atoms with van der Waals surface area (Å²) in [4.78, 5) is 6.68. The Kier molecular flexibility index (Phi) is 4.51. The van der Waals surface area contributed by atoms with E-state index < -0.39 is 0 Å². The van der Waals surface area contributed by atoms with Crippen LogP contribution in [0.2, 0.25) is 0 Å². The number of benzene rings is 1. The first-order valence-electron chi connectivity index (χ1n) is 7.61. The van der Waals surface area contributed by atoms with Gasteiger partial charge in [-0.15, -0.1) is 0 Å². The van der Waals surface area contributed by atoms with Crippen molar-refractivity contribution in [2.24, 2.45) is 0 Å². The second-order valence-corrected chi connectivity index (χ2v) is 5.66. The number of hydrogen-bond acceptors (Lipinski definition) is 3. The Morgan fingerprint density at radius 1 is 1.05 bits per heavy atom. The molecule has 21 heavy (non-hydrogen) atoms. The first kappa shape index (κ1) is 14.1. The van der Waals surface area contributed by atoms with Crippen molar-refractivity contribution in [2.75, 3.05) is 13.7 Å². The smallest absolute Gasteiger partial charge is 0.118 e. The lowest BCUT2D eigenvalue weighted by molar-refractivity contribution is 0.258. The molecule has 0 atom stereocenters. The van der Waals surface area contributed by atoms with E-state index in [2.05, 4.69) is 34.1 Å². The summed E-state index contributed by atoms with van der Waals surface area (Å²) in [5.41, 5.74) is 2.72. The Labute approximate surface area is 126 Å². The van der Waals surface area contributed by atoms with Crippen molar-refractivity contribution in [3.63, 3.8) is 0 Å². The van der Waals surface area contributed by atoms with Crippen LogP contribution in [0.15, 0.2) is 48.8 Å². The van der Waals surface area contributed by atoms with Gasteiger partial charge in [0.1, 0.15) is 5.75 Å². The lowest BCUT2D eigenvalue weighted by Crippen LogP contribution is -2.27. The zero-order valence-electron chi connectivity index (χ0n) is 12.5. The Morgan fingerprint density at radius 2 is 1.76 bits per heavy atom. The van der Waals surface area contributed by atoms with Gasteiger partial charge >= 0.3 is 0 Å². The van der Waals surface area contributed by atoms with Crippen LogP contribution in [0.4, 0.5) is 0 Å². The van der Waals surface area contributed by atoms with E-state index in [1.54, 1.807) is 7.11 Å². The Balaban J connectivity index is 1.59. The van der Waals surface area contributed by atoms with E-state index in [4.69, 9.17) is 4.74 Å². The summed E-state index contributed by atoms with van der Waals surface area (Å²) in [6, 6.07) is 13.4. The van der Waals surface area contributed by atoms with Crippen LogP contribution in [0, 0.1) is 0 Å². The predicted octanol–water partition coefficient (Wildman–Crippen LogP) is 3.30. The monoisotopic (exact) mass is 282 g/mol. The van der Waals surface area contributed by atoms with Crippen molar-refractivity contribution in [2.45, 2.75) is 31.8 Å². The van der Waals surface area contributed by atoms with Crippen LogP contribution in [0.3, 0.4) is 0 Å². The van der Waals surface area contributed by atoms with Crippen LogP contribution in [0.5, 0.6) is 5.75 Å². The van der Waals surface area contributed by atoms with Crippen LogP contribution in [0.25, 0.3) is 0 Å². The molecule has 0 N–H and O–H groups in total. The molecule has 3 rings (SSSR count). The summed E-state index contributed by atoms with van der Waals surface area (Å²) >= 11 is 0. The molecule has 0 unspecified atom stereocenters. The molecule has 2 aromatic rings. The van der Waals surface area contributed by atoms with Crippen LogP contribution in [-0.2, 0) is 13.0 Å². The third-order valence-corrected chi connectivity index (χ3v) is 4.05. The van der Waals surface area contributed by atoms with Gasteiger partial charge in [-0.05, 0) is 54.7 Å². The Bertz CT molecular complexity index is 549. The summed E-state index contributed by atoms with van der Waals surface area (Å²) < 4.78 is 5.22. The van der Waals surface area contributed by atoms with Gasteiger partial charge < -0.3 is 4.74 Å². The zero-order valence-corrected chi connectivity index (χ0v) is 12.5. The third-order valence-electron chi connectivity index (χ3n) is 4.05. The fourth-order valence-electron chi connectivity index (χ4n) is 2.62. The first-order valence-corrected chi connectivity index (χ1v) is 7.61. The molecule has 0 saturated heterocycles. The van der Waals surface area contributed by atoms with E-state index in [0.29, 0.717) is 0 Å². The van der Waals surface area contributed by atoms with Gasteiger partial charge in [-0.3, -0.25) is 9.88 Å². The normalized spacial score (nSPS) is 14.4. The molecular formula is C18H22N2O. The van der Waals surface area contributed by atoms with Gasteiger partial charge in [0.2, 0.25) is 0 Å². The van der Waals surface area contributed by atoms with Gasteiger partial charge in [-0.25, -0.2) is 0 Å². The molecule has 1 aliphatic rings. The van der Waals surface area contributed by atoms with Gasteiger partial charge in [0.15, 0.2) is 0 Å². The molecular weight excluding hydrogens is 260 g/mol. The number of aromatic nitrogens is 1. The van der Waals surface area contributed by atoms with Crippen molar-refractivity contribution in [1.82, 2.24) is 9.88 Å². The standard InChI is InChI=1S/C18H22N2O/c1-21-18-6-2-16(3-7-18)14-20(17-4-5-17)13-10-15-8-11-19-12-9-15/h2-3,6-9,11-12,17H,4-5,10,13-14H2,1H3. The molecule has 1 aromatic heterocycles. The summed E-state index contributed by atoms with van der Waals surface area (Å²) in [5, 5.41) is 0.